The first-order valence-corrected chi connectivity index (χ1v) is 25.2. The van der Waals surface area contributed by atoms with Crippen molar-refractivity contribution >= 4 is 54.8 Å². The second-order valence-corrected chi connectivity index (χ2v) is 22.3. The first-order valence-electron chi connectivity index (χ1n) is 25.2. The Morgan fingerprint density at radius 1 is 0.611 bits per heavy atom. The van der Waals surface area contributed by atoms with Gasteiger partial charge in [0.1, 0.15) is 17.7 Å². The van der Waals surface area contributed by atoms with Crippen LogP contribution in [-0.4, -0.2) is 117 Å². The minimum absolute atomic E-state index is 0.0394. The summed E-state index contributed by atoms with van der Waals surface area (Å²) < 4.78 is 31.0. The van der Waals surface area contributed by atoms with Crippen molar-refractivity contribution in [3.05, 3.63) is 131 Å². The van der Waals surface area contributed by atoms with Crippen molar-refractivity contribution in [1.82, 2.24) is 25.2 Å². The highest BCUT2D eigenvalue weighted by atomic mass is 16.7. The highest BCUT2D eigenvalue weighted by Gasteiger charge is 2.53. The van der Waals surface area contributed by atoms with Gasteiger partial charge in [0.15, 0.2) is 0 Å². The molecule has 4 saturated heterocycles. The lowest BCUT2D eigenvalue weighted by Crippen LogP contribution is -2.58. The number of nitrogens with one attached hydrogen (secondary N) is 1. The molecule has 4 aromatic carbocycles. The molecule has 0 saturated carbocycles. The summed E-state index contributed by atoms with van der Waals surface area (Å²) in [5.74, 6) is -1.05. The topological polar surface area (TPSA) is 152 Å². The van der Waals surface area contributed by atoms with Gasteiger partial charge in [-0.2, -0.15) is 5.10 Å². The molecule has 0 bridgehead atoms. The van der Waals surface area contributed by atoms with Gasteiger partial charge in [0, 0.05) is 24.2 Å². The Morgan fingerprint density at radius 2 is 1.03 bits per heavy atom. The Labute approximate surface area is 425 Å². The molecule has 0 aromatic heterocycles. The summed E-state index contributed by atoms with van der Waals surface area (Å²) in [4.78, 5) is 61.3. The van der Waals surface area contributed by atoms with Crippen LogP contribution in [0.1, 0.15) is 124 Å². The first-order chi connectivity index (χ1) is 33.9. The summed E-state index contributed by atoms with van der Waals surface area (Å²) in [6, 6.07) is 31.8. The molecule has 4 aromatic rings. The fourth-order valence-electron chi connectivity index (χ4n) is 9.16. The monoisotopic (exact) mass is 981 g/mol. The van der Waals surface area contributed by atoms with Crippen molar-refractivity contribution in [1.29, 1.82) is 0 Å². The van der Waals surface area contributed by atoms with Gasteiger partial charge in [-0.05, 0) is 124 Å². The van der Waals surface area contributed by atoms with E-state index >= 15 is 4.79 Å². The fourth-order valence-corrected chi connectivity index (χ4v) is 9.16. The molecule has 72 heavy (non-hydrogen) atoms. The molecular formula is C55H70B2N6O9. The van der Waals surface area contributed by atoms with E-state index in [0.29, 0.717) is 43.5 Å². The first kappa shape index (κ1) is 52.3. The van der Waals surface area contributed by atoms with E-state index in [1.54, 1.807) is 20.8 Å². The highest BCUT2D eigenvalue weighted by Crippen LogP contribution is 2.38. The lowest BCUT2D eigenvalue weighted by molar-refractivity contribution is -0.159. The van der Waals surface area contributed by atoms with Crippen molar-refractivity contribution in [3.63, 3.8) is 0 Å². The zero-order valence-electron chi connectivity index (χ0n) is 43.8. The van der Waals surface area contributed by atoms with Crippen LogP contribution in [0.2, 0.25) is 0 Å². The highest BCUT2D eigenvalue weighted by molar-refractivity contribution is 6.62. The number of amides is 5. The van der Waals surface area contributed by atoms with Crippen molar-refractivity contribution < 1.29 is 42.5 Å². The minimum atomic E-state index is -0.959. The number of esters is 1. The molecule has 2 atom stereocenters. The zero-order valence-corrected chi connectivity index (χ0v) is 43.8. The molecule has 8 rings (SSSR count). The molecular weight excluding hydrogens is 910 g/mol. The van der Waals surface area contributed by atoms with Gasteiger partial charge in [0.25, 0.3) is 5.91 Å². The third-order valence-corrected chi connectivity index (χ3v) is 14.7. The number of carbonyl (C=O) groups excluding carboxylic acids is 4. The molecule has 0 unspecified atom stereocenters. The van der Waals surface area contributed by atoms with Gasteiger partial charge in [-0.15, -0.1) is 0 Å². The van der Waals surface area contributed by atoms with Crippen molar-refractivity contribution in [2.75, 3.05) is 13.1 Å². The number of ether oxygens (including phenoxy) is 1. The number of hydrogen-bond acceptors (Lipinski definition) is 10. The number of nitrogens with zero attached hydrogens (tertiary/aromatic N) is 5. The number of hydrazine groups is 1. The van der Waals surface area contributed by atoms with Crippen molar-refractivity contribution in [2.24, 2.45) is 5.10 Å². The molecule has 0 spiro atoms. The van der Waals surface area contributed by atoms with E-state index in [1.165, 1.54) is 19.8 Å². The van der Waals surface area contributed by atoms with Crippen LogP contribution in [0.3, 0.4) is 0 Å². The number of rotatable bonds is 11. The quantitative estimate of drug-likeness (QED) is 0.0694. The van der Waals surface area contributed by atoms with Gasteiger partial charge >= 0.3 is 32.3 Å². The standard InChI is InChI=1S/C55H70B2N6O9/c1-51(2,3)68-48(65)45-25-19-35-61(45)50(67)63(37-39-28-32-43(33-29-39)57-71-54(8,9)55(10,11)72-57)59-47(64)44-24-18-34-60(44)49(66)62(58-46(40-20-14-12-15-21-40)41-22-16-13-17-23-41)36-38-26-30-42(31-27-38)56-69-52(4,5)53(6,7)70-56/h12-17,20-23,26-33,44-45H,18-19,24-25,34-37H2,1-11H3,(H,59,64)/t44-,45-/m1/s1. The van der Waals surface area contributed by atoms with Crippen LogP contribution in [0.4, 0.5) is 9.59 Å². The molecule has 0 radical (unpaired) electrons. The Bertz CT molecular complexity index is 2550. The number of hydrogen-bond donors (Lipinski definition) is 1. The number of likely N-dealkylation sites (tertiary alicyclic amines) is 2. The van der Waals surface area contributed by atoms with Crippen LogP contribution in [0.5, 0.6) is 0 Å². The molecule has 4 fully saturated rings. The molecule has 1 N–H and O–H groups in total. The predicted molar refractivity (Wildman–Crippen MR) is 278 cm³/mol. The molecule has 17 heteroatoms. The Morgan fingerprint density at radius 3 is 1.47 bits per heavy atom. The largest absolute Gasteiger partial charge is 0.494 e. The maximum Gasteiger partial charge on any atom is 0.494 e. The summed E-state index contributed by atoms with van der Waals surface area (Å²) in [6.07, 6.45) is 1.88. The van der Waals surface area contributed by atoms with Crippen LogP contribution < -0.4 is 16.4 Å². The molecule has 4 aliphatic heterocycles. The van der Waals surface area contributed by atoms with E-state index in [-0.39, 0.29) is 19.6 Å². The Hall–Kier alpha value is -6.00. The normalized spacial score (nSPS) is 20.8. The Kier molecular flexibility index (Phi) is 14.9. The number of urea groups is 2. The maximum atomic E-state index is 15.2. The van der Waals surface area contributed by atoms with Gasteiger partial charge < -0.3 is 33.2 Å². The number of benzene rings is 4. The van der Waals surface area contributed by atoms with Crippen LogP contribution in [0.25, 0.3) is 0 Å². The van der Waals surface area contributed by atoms with E-state index in [4.69, 9.17) is 28.5 Å². The third-order valence-electron chi connectivity index (χ3n) is 14.7. The smallest absolute Gasteiger partial charge is 0.458 e. The van der Waals surface area contributed by atoms with Crippen LogP contribution in [0, 0.1) is 0 Å². The summed E-state index contributed by atoms with van der Waals surface area (Å²) in [7, 11) is -1.15. The predicted octanol–water partition coefficient (Wildman–Crippen LogP) is 7.58. The van der Waals surface area contributed by atoms with E-state index < -0.39 is 78.3 Å². The van der Waals surface area contributed by atoms with Crippen LogP contribution >= 0.6 is 0 Å². The van der Waals surface area contributed by atoms with E-state index in [0.717, 1.165) is 27.6 Å². The second-order valence-electron chi connectivity index (χ2n) is 22.3. The summed E-state index contributed by atoms with van der Waals surface area (Å²) in [6.45, 7) is 22.0. The lowest BCUT2D eigenvalue weighted by Gasteiger charge is -2.34. The lowest BCUT2D eigenvalue weighted by atomic mass is 9.79. The fraction of sp³-hybridized carbons (Fsp3) is 0.473. The number of carbonyl (C=O) groups is 4. The van der Waals surface area contributed by atoms with Gasteiger partial charge in [-0.3, -0.25) is 10.2 Å². The molecule has 4 aliphatic rings. The molecule has 380 valence electrons. The summed E-state index contributed by atoms with van der Waals surface area (Å²) in [5.41, 5.74) is 5.39. The number of hydrazone groups is 1. The molecule has 5 amide bonds. The average molecular weight is 981 g/mol. The Balaban J connectivity index is 1.08. The zero-order chi connectivity index (χ0) is 51.8. The summed E-state index contributed by atoms with van der Waals surface area (Å²) in [5, 5.41) is 7.80. The van der Waals surface area contributed by atoms with E-state index in [9.17, 15) is 14.4 Å². The third kappa shape index (κ3) is 11.4. The van der Waals surface area contributed by atoms with E-state index in [1.807, 2.05) is 165 Å². The van der Waals surface area contributed by atoms with E-state index in [2.05, 4.69) is 5.43 Å². The van der Waals surface area contributed by atoms with Gasteiger partial charge in [0.05, 0.1) is 41.2 Å². The van der Waals surface area contributed by atoms with Gasteiger partial charge in [-0.25, -0.2) is 24.4 Å². The average Bonchev–Trinajstić information content (AvgIpc) is 4.11. The molecule has 4 heterocycles. The minimum Gasteiger partial charge on any atom is -0.458 e. The maximum absolute atomic E-state index is 15.2. The summed E-state index contributed by atoms with van der Waals surface area (Å²) >= 11 is 0. The van der Waals surface area contributed by atoms with Crippen molar-refractivity contribution in [3.8, 4) is 0 Å². The second kappa shape index (κ2) is 20.5. The van der Waals surface area contributed by atoms with Gasteiger partial charge in [-0.1, -0.05) is 109 Å². The SMILES string of the molecule is CC(C)(C)OC(=O)[C@H]1CCCN1C(=O)N(Cc1ccc(B2OC(C)(C)C(C)(C)O2)cc1)NC(=O)[C@H]1CCCN1C(=O)N(Cc1ccc(B2OC(C)(C)C(C)(C)O2)cc1)N=C(c1ccccc1)c1ccccc1. The van der Waals surface area contributed by atoms with Gasteiger partial charge in [0.2, 0.25) is 0 Å². The molecule has 15 nitrogen and oxygen atoms in total. The van der Waals surface area contributed by atoms with Crippen LogP contribution in [0.15, 0.2) is 114 Å². The van der Waals surface area contributed by atoms with Crippen LogP contribution in [-0.2, 0) is 46.0 Å². The van der Waals surface area contributed by atoms with Crippen molar-refractivity contribution in [2.45, 2.75) is 155 Å². The molecule has 0 aliphatic carbocycles.